The summed E-state index contributed by atoms with van der Waals surface area (Å²) >= 11 is 6.15. The van der Waals surface area contributed by atoms with E-state index < -0.39 is 0 Å². The second-order valence-electron chi connectivity index (χ2n) is 6.44. The van der Waals surface area contributed by atoms with Crippen LogP contribution in [0.25, 0.3) is 0 Å². The highest BCUT2D eigenvalue weighted by molar-refractivity contribution is 6.31. The zero-order valence-electron chi connectivity index (χ0n) is 13.4. The lowest BCUT2D eigenvalue weighted by atomic mass is 10.1. The maximum atomic E-state index is 12.3. The van der Waals surface area contributed by atoms with E-state index in [1.807, 2.05) is 11.0 Å². The summed E-state index contributed by atoms with van der Waals surface area (Å²) in [7, 11) is 0. The number of hydrogen-bond acceptors (Lipinski definition) is 6. The van der Waals surface area contributed by atoms with E-state index in [-0.39, 0.29) is 17.9 Å². The molecule has 0 aromatic carbocycles. The first kappa shape index (κ1) is 15.5. The van der Waals surface area contributed by atoms with Crippen LogP contribution >= 0.6 is 11.6 Å². The molecule has 1 atom stereocenters. The van der Waals surface area contributed by atoms with Crippen molar-refractivity contribution in [1.82, 2.24) is 24.9 Å². The molecule has 0 N–H and O–H groups in total. The van der Waals surface area contributed by atoms with Crippen LogP contribution in [0.3, 0.4) is 0 Å². The van der Waals surface area contributed by atoms with Gasteiger partial charge in [-0.2, -0.15) is 4.98 Å². The van der Waals surface area contributed by atoms with E-state index >= 15 is 0 Å². The van der Waals surface area contributed by atoms with Crippen LogP contribution in [0, 0.1) is 6.92 Å². The first-order valence-corrected chi connectivity index (χ1v) is 8.38. The van der Waals surface area contributed by atoms with E-state index in [0.717, 1.165) is 25.2 Å². The number of halogens is 1. The number of rotatable bonds is 4. The number of aromatic nitrogens is 3. The standard InChI is InChI=1S/C16H18ClN5O2/c1-10-19-16(24-20-10)12-4-15(23)22(7-12)13-8-21(9-13)6-11-2-3-18-5-14(11)17/h2-3,5,12-13H,4,6-9H2,1H3. The molecule has 0 bridgehead atoms. The molecule has 0 radical (unpaired) electrons. The van der Waals surface area contributed by atoms with Gasteiger partial charge in [-0.3, -0.25) is 14.7 Å². The molecular formula is C16H18ClN5O2. The molecule has 2 aliphatic rings. The molecule has 4 heterocycles. The Balaban J connectivity index is 1.34. The fourth-order valence-corrected chi connectivity index (χ4v) is 3.55. The van der Waals surface area contributed by atoms with Crippen molar-refractivity contribution in [2.24, 2.45) is 0 Å². The minimum absolute atomic E-state index is 0.0161. The Kier molecular flexibility index (Phi) is 3.97. The van der Waals surface area contributed by atoms with E-state index in [4.69, 9.17) is 16.1 Å². The van der Waals surface area contributed by atoms with Gasteiger partial charge in [0.05, 0.1) is 17.0 Å². The minimum atomic E-state index is 0.0161. The van der Waals surface area contributed by atoms with Crippen molar-refractivity contribution in [2.45, 2.75) is 31.8 Å². The number of aryl methyl sites for hydroxylation is 1. The lowest BCUT2D eigenvalue weighted by Gasteiger charge is -2.44. The van der Waals surface area contributed by atoms with Gasteiger partial charge in [0, 0.05) is 45.0 Å². The molecule has 2 aromatic rings. The van der Waals surface area contributed by atoms with E-state index in [9.17, 15) is 4.79 Å². The van der Waals surface area contributed by atoms with Gasteiger partial charge >= 0.3 is 0 Å². The van der Waals surface area contributed by atoms with E-state index in [1.165, 1.54) is 0 Å². The van der Waals surface area contributed by atoms with Crippen molar-refractivity contribution in [3.8, 4) is 0 Å². The van der Waals surface area contributed by atoms with E-state index in [2.05, 4.69) is 20.0 Å². The molecule has 0 saturated carbocycles. The molecule has 8 heteroatoms. The maximum Gasteiger partial charge on any atom is 0.232 e. The quantitative estimate of drug-likeness (QED) is 0.836. The van der Waals surface area contributed by atoms with Gasteiger partial charge in [-0.05, 0) is 18.6 Å². The highest BCUT2D eigenvalue weighted by Crippen LogP contribution is 2.31. The van der Waals surface area contributed by atoms with Crippen molar-refractivity contribution < 1.29 is 9.32 Å². The SMILES string of the molecule is Cc1noc(C2CC(=O)N(C3CN(Cc4ccncc4Cl)C3)C2)n1. The molecule has 2 saturated heterocycles. The summed E-state index contributed by atoms with van der Waals surface area (Å²) in [5, 5.41) is 4.50. The molecule has 1 amide bonds. The number of likely N-dealkylation sites (tertiary alicyclic amines) is 2. The van der Waals surface area contributed by atoms with Crippen LogP contribution in [0.15, 0.2) is 23.0 Å². The number of pyridine rings is 1. The van der Waals surface area contributed by atoms with Crippen LogP contribution in [0.2, 0.25) is 5.02 Å². The second kappa shape index (κ2) is 6.14. The first-order valence-electron chi connectivity index (χ1n) is 8.00. The number of nitrogens with zero attached hydrogens (tertiary/aromatic N) is 5. The normalized spacial score (nSPS) is 22.2. The molecular weight excluding hydrogens is 330 g/mol. The molecule has 1 unspecified atom stereocenters. The van der Waals surface area contributed by atoms with Crippen LogP contribution in [-0.4, -0.2) is 56.5 Å². The Hall–Kier alpha value is -1.99. The van der Waals surface area contributed by atoms with Crippen LogP contribution in [0.1, 0.15) is 29.6 Å². The van der Waals surface area contributed by atoms with Gasteiger partial charge in [0.1, 0.15) is 0 Å². The first-order chi connectivity index (χ1) is 11.6. The summed E-state index contributed by atoms with van der Waals surface area (Å²) < 4.78 is 5.22. The van der Waals surface area contributed by atoms with Crippen LogP contribution in [0.5, 0.6) is 0 Å². The third-order valence-electron chi connectivity index (χ3n) is 4.68. The topological polar surface area (TPSA) is 75.4 Å². The van der Waals surface area contributed by atoms with E-state index in [1.54, 1.807) is 19.3 Å². The van der Waals surface area contributed by atoms with Crippen molar-refractivity contribution in [2.75, 3.05) is 19.6 Å². The summed E-state index contributed by atoms with van der Waals surface area (Å²) in [6, 6.07) is 2.19. The zero-order valence-corrected chi connectivity index (χ0v) is 14.1. The molecule has 24 heavy (non-hydrogen) atoms. The van der Waals surface area contributed by atoms with Crippen LogP contribution in [-0.2, 0) is 11.3 Å². The second-order valence-corrected chi connectivity index (χ2v) is 6.85. The van der Waals surface area contributed by atoms with E-state index in [0.29, 0.717) is 29.7 Å². The van der Waals surface area contributed by atoms with Crippen molar-refractivity contribution in [3.05, 3.63) is 40.8 Å². The third-order valence-corrected chi connectivity index (χ3v) is 5.02. The summed E-state index contributed by atoms with van der Waals surface area (Å²) in [5.41, 5.74) is 1.07. The fraction of sp³-hybridized carbons (Fsp3) is 0.500. The molecule has 2 fully saturated rings. The van der Waals surface area contributed by atoms with Crippen molar-refractivity contribution >= 4 is 17.5 Å². The Morgan fingerprint density at radius 2 is 2.21 bits per heavy atom. The number of amides is 1. The summed E-state index contributed by atoms with van der Waals surface area (Å²) in [6.07, 6.45) is 3.86. The summed E-state index contributed by atoms with van der Waals surface area (Å²) in [4.78, 5) is 24.8. The monoisotopic (exact) mass is 347 g/mol. The number of carbonyl (C=O) groups excluding carboxylic acids is 1. The highest BCUT2D eigenvalue weighted by Gasteiger charge is 2.42. The lowest BCUT2D eigenvalue weighted by molar-refractivity contribution is -0.133. The van der Waals surface area contributed by atoms with Gasteiger partial charge in [0.15, 0.2) is 5.82 Å². The molecule has 0 aliphatic carbocycles. The van der Waals surface area contributed by atoms with Gasteiger partial charge < -0.3 is 9.42 Å². The average Bonchev–Trinajstić information content (AvgIpc) is 3.10. The number of carbonyl (C=O) groups is 1. The van der Waals surface area contributed by atoms with Gasteiger partial charge in [-0.25, -0.2) is 0 Å². The largest absolute Gasteiger partial charge is 0.339 e. The molecule has 2 aromatic heterocycles. The average molecular weight is 348 g/mol. The predicted molar refractivity (Wildman–Crippen MR) is 86.4 cm³/mol. The summed E-state index contributed by atoms with van der Waals surface area (Å²) in [5.74, 6) is 1.37. The fourth-order valence-electron chi connectivity index (χ4n) is 3.37. The van der Waals surface area contributed by atoms with Gasteiger partial charge in [-0.1, -0.05) is 16.8 Å². The van der Waals surface area contributed by atoms with Crippen LogP contribution in [0.4, 0.5) is 0 Å². The Morgan fingerprint density at radius 3 is 2.92 bits per heavy atom. The highest BCUT2D eigenvalue weighted by atomic mass is 35.5. The summed E-state index contributed by atoms with van der Waals surface area (Å²) in [6.45, 7) is 4.96. The number of hydrogen-bond donors (Lipinski definition) is 0. The maximum absolute atomic E-state index is 12.3. The molecule has 2 aliphatic heterocycles. The zero-order chi connectivity index (χ0) is 16.7. The van der Waals surface area contributed by atoms with Gasteiger partial charge in [0.2, 0.25) is 11.8 Å². The molecule has 0 spiro atoms. The Bertz CT molecular complexity index is 758. The van der Waals surface area contributed by atoms with Crippen LogP contribution < -0.4 is 0 Å². The predicted octanol–water partition coefficient (Wildman–Crippen LogP) is 1.63. The van der Waals surface area contributed by atoms with Gasteiger partial charge in [0.25, 0.3) is 0 Å². The van der Waals surface area contributed by atoms with Crippen molar-refractivity contribution in [1.29, 1.82) is 0 Å². The Labute approximate surface area is 144 Å². The molecule has 7 nitrogen and oxygen atoms in total. The lowest BCUT2D eigenvalue weighted by Crippen LogP contribution is -2.59. The third kappa shape index (κ3) is 2.89. The Morgan fingerprint density at radius 1 is 1.38 bits per heavy atom. The molecule has 4 rings (SSSR count). The minimum Gasteiger partial charge on any atom is -0.339 e. The smallest absolute Gasteiger partial charge is 0.232 e. The van der Waals surface area contributed by atoms with Crippen molar-refractivity contribution in [3.63, 3.8) is 0 Å². The molecule has 126 valence electrons. The van der Waals surface area contributed by atoms with Gasteiger partial charge in [-0.15, -0.1) is 0 Å².